The van der Waals surface area contributed by atoms with Crippen molar-refractivity contribution in [3.63, 3.8) is 0 Å². The molecule has 0 atom stereocenters. The van der Waals surface area contributed by atoms with Gasteiger partial charge in [-0.15, -0.1) is 0 Å². The third kappa shape index (κ3) is 2.47. The van der Waals surface area contributed by atoms with Crippen LogP contribution < -0.4 is 5.73 Å². The van der Waals surface area contributed by atoms with E-state index in [2.05, 4.69) is 10.1 Å². The number of aromatic nitrogens is 3. The standard InChI is InChI=1S/C10H11ClN4/c11-9-7-15(14-10(9)12)6-3-8-1-4-13-5-2-8/h1-2,4-5,7H,3,6H2,(H2,12,14). The van der Waals surface area contributed by atoms with E-state index < -0.39 is 0 Å². The van der Waals surface area contributed by atoms with Gasteiger partial charge in [-0.1, -0.05) is 11.6 Å². The molecule has 2 aromatic heterocycles. The summed E-state index contributed by atoms with van der Waals surface area (Å²) in [7, 11) is 0. The fourth-order valence-electron chi connectivity index (χ4n) is 1.32. The Labute approximate surface area is 92.7 Å². The SMILES string of the molecule is Nc1nn(CCc2ccncc2)cc1Cl. The first-order valence-corrected chi connectivity index (χ1v) is 5.01. The maximum Gasteiger partial charge on any atom is 0.164 e. The monoisotopic (exact) mass is 222 g/mol. The number of hydrogen-bond acceptors (Lipinski definition) is 3. The third-order valence-electron chi connectivity index (χ3n) is 2.12. The maximum atomic E-state index is 5.79. The normalized spacial score (nSPS) is 10.5. The number of nitrogens with two attached hydrogens (primary N) is 1. The van der Waals surface area contributed by atoms with Gasteiger partial charge in [0, 0.05) is 25.1 Å². The van der Waals surface area contributed by atoms with E-state index in [1.165, 1.54) is 5.56 Å². The molecule has 15 heavy (non-hydrogen) atoms. The lowest BCUT2D eigenvalue weighted by molar-refractivity contribution is 0.617. The van der Waals surface area contributed by atoms with Gasteiger partial charge >= 0.3 is 0 Å². The molecule has 2 rings (SSSR count). The minimum Gasteiger partial charge on any atom is -0.381 e. The maximum absolute atomic E-state index is 5.79. The average Bonchev–Trinajstić information content (AvgIpc) is 2.57. The Bertz CT molecular complexity index is 418. The molecule has 0 spiro atoms. The molecule has 2 N–H and O–H groups in total. The van der Waals surface area contributed by atoms with Crippen LogP contribution >= 0.6 is 11.6 Å². The highest BCUT2D eigenvalue weighted by Crippen LogP contribution is 2.15. The van der Waals surface area contributed by atoms with Crippen LogP contribution in [-0.4, -0.2) is 14.8 Å². The second-order valence-corrected chi connectivity index (χ2v) is 3.64. The van der Waals surface area contributed by atoms with Crippen molar-refractivity contribution in [1.29, 1.82) is 0 Å². The van der Waals surface area contributed by atoms with Gasteiger partial charge in [-0.05, 0) is 24.1 Å². The van der Waals surface area contributed by atoms with Crippen LogP contribution in [0.15, 0.2) is 30.7 Å². The summed E-state index contributed by atoms with van der Waals surface area (Å²) in [4.78, 5) is 3.96. The predicted molar refractivity (Wildman–Crippen MR) is 59.6 cm³/mol. The van der Waals surface area contributed by atoms with Crippen molar-refractivity contribution in [2.75, 3.05) is 5.73 Å². The Morgan fingerprint density at radius 2 is 2.07 bits per heavy atom. The Morgan fingerprint density at radius 1 is 1.33 bits per heavy atom. The average molecular weight is 223 g/mol. The van der Waals surface area contributed by atoms with Crippen molar-refractivity contribution >= 4 is 17.4 Å². The van der Waals surface area contributed by atoms with Crippen molar-refractivity contribution in [3.05, 3.63) is 41.3 Å². The Hall–Kier alpha value is -1.55. The van der Waals surface area contributed by atoms with E-state index >= 15 is 0 Å². The summed E-state index contributed by atoms with van der Waals surface area (Å²) in [6, 6.07) is 3.96. The quantitative estimate of drug-likeness (QED) is 0.861. The lowest BCUT2D eigenvalue weighted by Gasteiger charge is -2.00. The van der Waals surface area contributed by atoms with Crippen LogP contribution in [0.2, 0.25) is 5.02 Å². The van der Waals surface area contributed by atoms with E-state index in [4.69, 9.17) is 17.3 Å². The molecule has 0 aliphatic rings. The van der Waals surface area contributed by atoms with Gasteiger partial charge in [-0.2, -0.15) is 5.10 Å². The van der Waals surface area contributed by atoms with Crippen LogP contribution in [0.1, 0.15) is 5.56 Å². The highest BCUT2D eigenvalue weighted by molar-refractivity contribution is 6.32. The van der Waals surface area contributed by atoms with Crippen molar-refractivity contribution in [2.24, 2.45) is 0 Å². The van der Waals surface area contributed by atoms with Gasteiger partial charge < -0.3 is 5.73 Å². The molecule has 0 amide bonds. The molecule has 0 aliphatic carbocycles. The van der Waals surface area contributed by atoms with Gasteiger partial charge in [0.1, 0.15) is 5.02 Å². The molecule has 0 aliphatic heterocycles. The molecule has 0 saturated carbocycles. The number of aryl methyl sites for hydroxylation is 2. The van der Waals surface area contributed by atoms with Crippen molar-refractivity contribution < 1.29 is 0 Å². The van der Waals surface area contributed by atoms with Crippen LogP contribution in [0.3, 0.4) is 0 Å². The number of halogens is 1. The number of hydrogen-bond donors (Lipinski definition) is 1. The van der Waals surface area contributed by atoms with E-state index in [0.29, 0.717) is 10.8 Å². The molecular formula is C10H11ClN4. The van der Waals surface area contributed by atoms with Crippen LogP contribution in [0, 0.1) is 0 Å². The van der Waals surface area contributed by atoms with Crippen molar-refractivity contribution in [2.45, 2.75) is 13.0 Å². The fraction of sp³-hybridized carbons (Fsp3) is 0.200. The smallest absolute Gasteiger partial charge is 0.164 e. The van der Waals surface area contributed by atoms with Gasteiger partial charge in [0.2, 0.25) is 0 Å². The number of anilines is 1. The molecule has 0 aromatic carbocycles. The van der Waals surface area contributed by atoms with E-state index in [-0.39, 0.29) is 0 Å². The minimum atomic E-state index is 0.381. The molecule has 0 fully saturated rings. The molecule has 2 aromatic rings. The van der Waals surface area contributed by atoms with Gasteiger partial charge in [0.25, 0.3) is 0 Å². The predicted octanol–water partition coefficient (Wildman–Crippen LogP) is 1.76. The zero-order valence-electron chi connectivity index (χ0n) is 8.10. The Balaban J connectivity index is 1.99. The van der Waals surface area contributed by atoms with Gasteiger partial charge in [0.15, 0.2) is 5.82 Å². The van der Waals surface area contributed by atoms with Crippen molar-refractivity contribution in [3.8, 4) is 0 Å². The van der Waals surface area contributed by atoms with E-state index in [1.807, 2.05) is 12.1 Å². The number of nitrogen functional groups attached to an aromatic ring is 1. The van der Waals surface area contributed by atoms with Gasteiger partial charge in [0.05, 0.1) is 0 Å². The van der Waals surface area contributed by atoms with Gasteiger partial charge in [-0.25, -0.2) is 0 Å². The first-order chi connectivity index (χ1) is 7.25. The summed E-state index contributed by atoms with van der Waals surface area (Å²) in [5.41, 5.74) is 6.75. The molecule has 78 valence electrons. The fourth-order valence-corrected chi connectivity index (χ4v) is 1.47. The first-order valence-electron chi connectivity index (χ1n) is 4.63. The number of pyridine rings is 1. The minimum absolute atomic E-state index is 0.381. The lowest BCUT2D eigenvalue weighted by atomic mass is 10.2. The van der Waals surface area contributed by atoms with Crippen molar-refractivity contribution in [1.82, 2.24) is 14.8 Å². The summed E-state index contributed by atoms with van der Waals surface area (Å²) >= 11 is 5.79. The van der Waals surface area contributed by atoms with Crippen LogP contribution in [0.25, 0.3) is 0 Å². The largest absolute Gasteiger partial charge is 0.381 e. The molecule has 5 heteroatoms. The third-order valence-corrected chi connectivity index (χ3v) is 2.41. The molecule has 0 bridgehead atoms. The zero-order valence-corrected chi connectivity index (χ0v) is 8.85. The Kier molecular flexibility index (Phi) is 2.87. The highest BCUT2D eigenvalue weighted by Gasteiger charge is 2.02. The topological polar surface area (TPSA) is 56.7 Å². The van der Waals surface area contributed by atoms with E-state index in [9.17, 15) is 0 Å². The van der Waals surface area contributed by atoms with Crippen LogP contribution in [0.4, 0.5) is 5.82 Å². The molecule has 2 heterocycles. The van der Waals surface area contributed by atoms with Gasteiger partial charge in [-0.3, -0.25) is 9.67 Å². The number of nitrogens with zero attached hydrogens (tertiary/aromatic N) is 3. The molecular weight excluding hydrogens is 212 g/mol. The van der Waals surface area contributed by atoms with Crippen LogP contribution in [0.5, 0.6) is 0 Å². The summed E-state index contributed by atoms with van der Waals surface area (Å²) in [6.07, 6.45) is 6.18. The Morgan fingerprint density at radius 3 is 2.67 bits per heavy atom. The van der Waals surface area contributed by atoms with E-state index in [1.54, 1.807) is 23.3 Å². The lowest BCUT2D eigenvalue weighted by Crippen LogP contribution is -2.02. The van der Waals surface area contributed by atoms with E-state index in [0.717, 1.165) is 13.0 Å². The molecule has 4 nitrogen and oxygen atoms in total. The molecule has 0 saturated heterocycles. The van der Waals surface area contributed by atoms with Crippen LogP contribution in [-0.2, 0) is 13.0 Å². The first kappa shape index (κ1) is 9.98. The summed E-state index contributed by atoms with van der Waals surface area (Å²) in [5.74, 6) is 0.381. The zero-order chi connectivity index (χ0) is 10.7. The number of rotatable bonds is 3. The summed E-state index contributed by atoms with van der Waals surface area (Å²) in [6.45, 7) is 0.765. The molecule has 0 radical (unpaired) electrons. The summed E-state index contributed by atoms with van der Waals surface area (Å²) < 4.78 is 1.75. The second kappa shape index (κ2) is 4.31. The summed E-state index contributed by atoms with van der Waals surface area (Å²) in [5, 5.41) is 4.58. The molecule has 0 unspecified atom stereocenters. The highest BCUT2D eigenvalue weighted by atomic mass is 35.5. The second-order valence-electron chi connectivity index (χ2n) is 3.23.